The van der Waals surface area contributed by atoms with Gasteiger partial charge >= 0.3 is 11.9 Å². The van der Waals surface area contributed by atoms with E-state index < -0.39 is 29.4 Å². The van der Waals surface area contributed by atoms with Crippen molar-refractivity contribution in [3.8, 4) is 0 Å². The number of nitrogens with two attached hydrogens (primary N) is 1. The Morgan fingerprint density at radius 1 is 1.37 bits per heavy atom. The monoisotopic (exact) mass is 269 g/mol. The van der Waals surface area contributed by atoms with Crippen molar-refractivity contribution < 1.29 is 23.8 Å². The predicted octanol–water partition coefficient (Wildman–Crippen LogP) is 1.87. The van der Waals surface area contributed by atoms with E-state index in [0.717, 1.165) is 6.07 Å². The standard InChI is InChI=1S/C13H16FNO4/c1-13(2,3)19-12(18)10(15)8-5-4-7(11(16)17)6-9(8)14/h4-6,10H,15H2,1-3H3,(H,16,17). The number of halogens is 1. The van der Waals surface area contributed by atoms with Gasteiger partial charge in [-0.1, -0.05) is 6.07 Å². The van der Waals surface area contributed by atoms with Gasteiger partial charge in [0.05, 0.1) is 5.56 Å². The zero-order valence-electron chi connectivity index (χ0n) is 10.9. The minimum atomic E-state index is -1.29. The van der Waals surface area contributed by atoms with E-state index in [4.69, 9.17) is 15.6 Å². The summed E-state index contributed by atoms with van der Waals surface area (Å²) in [4.78, 5) is 22.4. The molecule has 0 saturated carbocycles. The maximum atomic E-state index is 13.7. The molecule has 0 aromatic heterocycles. The highest BCUT2D eigenvalue weighted by Crippen LogP contribution is 2.20. The Kier molecular flexibility index (Phi) is 4.26. The van der Waals surface area contributed by atoms with Crippen molar-refractivity contribution in [2.24, 2.45) is 5.73 Å². The normalized spacial score (nSPS) is 12.9. The van der Waals surface area contributed by atoms with Crippen LogP contribution in [0.25, 0.3) is 0 Å². The van der Waals surface area contributed by atoms with Crippen molar-refractivity contribution in [3.05, 3.63) is 35.1 Å². The van der Waals surface area contributed by atoms with Gasteiger partial charge in [0.1, 0.15) is 17.5 Å². The molecule has 3 N–H and O–H groups in total. The summed E-state index contributed by atoms with van der Waals surface area (Å²) in [5, 5.41) is 8.71. The first-order valence-corrected chi connectivity index (χ1v) is 5.63. The minimum Gasteiger partial charge on any atom is -0.478 e. The lowest BCUT2D eigenvalue weighted by atomic mass is 10.0. The molecule has 0 saturated heterocycles. The van der Waals surface area contributed by atoms with E-state index >= 15 is 0 Å². The van der Waals surface area contributed by atoms with E-state index in [9.17, 15) is 14.0 Å². The maximum absolute atomic E-state index is 13.7. The van der Waals surface area contributed by atoms with Crippen LogP contribution in [0.3, 0.4) is 0 Å². The fourth-order valence-electron chi connectivity index (χ4n) is 1.40. The van der Waals surface area contributed by atoms with Crippen LogP contribution in [0, 0.1) is 5.82 Å². The van der Waals surface area contributed by atoms with Crippen molar-refractivity contribution >= 4 is 11.9 Å². The van der Waals surface area contributed by atoms with Crippen molar-refractivity contribution in [1.29, 1.82) is 0 Å². The molecule has 1 unspecified atom stereocenters. The molecule has 0 aliphatic heterocycles. The highest BCUT2D eigenvalue weighted by Gasteiger charge is 2.25. The molecule has 104 valence electrons. The minimum absolute atomic E-state index is 0.0979. The first-order valence-electron chi connectivity index (χ1n) is 5.63. The summed E-state index contributed by atoms with van der Waals surface area (Å²) in [6.45, 7) is 5.00. The second-order valence-electron chi connectivity index (χ2n) is 5.05. The highest BCUT2D eigenvalue weighted by atomic mass is 19.1. The number of ether oxygens (including phenoxy) is 1. The maximum Gasteiger partial charge on any atom is 0.335 e. The zero-order valence-corrected chi connectivity index (χ0v) is 10.9. The summed E-state index contributed by atoms with van der Waals surface area (Å²) in [5.41, 5.74) is 4.57. The number of carboxylic acid groups (broad SMARTS) is 1. The molecular formula is C13H16FNO4. The topological polar surface area (TPSA) is 89.6 Å². The van der Waals surface area contributed by atoms with Crippen LogP contribution in [-0.4, -0.2) is 22.6 Å². The van der Waals surface area contributed by atoms with Gasteiger partial charge in [-0.05, 0) is 32.9 Å². The molecule has 1 aromatic carbocycles. The first-order chi connectivity index (χ1) is 8.61. The molecule has 0 aliphatic carbocycles. The largest absolute Gasteiger partial charge is 0.478 e. The Balaban J connectivity index is 2.97. The summed E-state index contributed by atoms with van der Waals surface area (Å²) in [7, 11) is 0. The average Bonchev–Trinajstić information content (AvgIpc) is 2.25. The Bertz CT molecular complexity index is 508. The smallest absolute Gasteiger partial charge is 0.335 e. The molecule has 1 aromatic rings. The average molecular weight is 269 g/mol. The summed E-state index contributed by atoms with van der Waals surface area (Å²) >= 11 is 0. The molecule has 0 spiro atoms. The molecule has 5 nitrogen and oxygen atoms in total. The lowest BCUT2D eigenvalue weighted by Crippen LogP contribution is -2.32. The van der Waals surface area contributed by atoms with Crippen molar-refractivity contribution in [2.45, 2.75) is 32.4 Å². The third-order valence-corrected chi connectivity index (χ3v) is 2.24. The van der Waals surface area contributed by atoms with Crippen LogP contribution in [0.5, 0.6) is 0 Å². The summed E-state index contributed by atoms with van der Waals surface area (Å²) in [6, 6.07) is 1.89. The molecule has 0 amide bonds. The van der Waals surface area contributed by atoms with Crippen LogP contribution >= 0.6 is 0 Å². The van der Waals surface area contributed by atoms with Crippen molar-refractivity contribution in [3.63, 3.8) is 0 Å². The van der Waals surface area contributed by atoms with Crippen LogP contribution in [0.4, 0.5) is 4.39 Å². The Labute approximate surface area is 110 Å². The quantitative estimate of drug-likeness (QED) is 0.817. The van der Waals surface area contributed by atoms with Gasteiger partial charge < -0.3 is 15.6 Å². The van der Waals surface area contributed by atoms with Crippen molar-refractivity contribution in [2.75, 3.05) is 0 Å². The number of benzene rings is 1. The van der Waals surface area contributed by atoms with Gasteiger partial charge in [-0.3, -0.25) is 0 Å². The van der Waals surface area contributed by atoms with E-state index in [2.05, 4.69) is 0 Å². The summed E-state index contributed by atoms with van der Waals surface area (Å²) in [6.07, 6.45) is 0. The molecule has 1 atom stereocenters. The highest BCUT2D eigenvalue weighted by molar-refractivity contribution is 5.88. The predicted molar refractivity (Wildman–Crippen MR) is 66.1 cm³/mol. The van der Waals surface area contributed by atoms with Gasteiger partial charge in [0.2, 0.25) is 0 Å². The van der Waals surface area contributed by atoms with Gasteiger partial charge in [-0.2, -0.15) is 0 Å². The lowest BCUT2D eigenvalue weighted by molar-refractivity contribution is -0.156. The van der Waals surface area contributed by atoms with E-state index in [1.54, 1.807) is 20.8 Å². The molecule has 0 radical (unpaired) electrons. The molecular weight excluding hydrogens is 253 g/mol. The third kappa shape index (κ3) is 4.03. The molecule has 6 heteroatoms. The number of carbonyl (C=O) groups is 2. The first kappa shape index (κ1) is 15.1. The van der Waals surface area contributed by atoms with E-state index in [1.807, 2.05) is 0 Å². The molecule has 19 heavy (non-hydrogen) atoms. The number of carboxylic acids is 1. The summed E-state index contributed by atoms with van der Waals surface area (Å²) < 4.78 is 18.7. The van der Waals surface area contributed by atoms with Crippen molar-refractivity contribution in [1.82, 2.24) is 0 Å². The molecule has 0 bridgehead atoms. The number of aromatic carboxylic acids is 1. The van der Waals surface area contributed by atoms with Crippen LogP contribution in [0.2, 0.25) is 0 Å². The second kappa shape index (κ2) is 5.36. The van der Waals surface area contributed by atoms with E-state index in [1.165, 1.54) is 12.1 Å². The molecule has 1 rings (SSSR count). The fraction of sp³-hybridized carbons (Fsp3) is 0.385. The zero-order chi connectivity index (χ0) is 14.8. The van der Waals surface area contributed by atoms with Gasteiger partial charge in [-0.15, -0.1) is 0 Å². The molecule has 0 heterocycles. The number of carbonyl (C=O) groups excluding carboxylic acids is 1. The molecule has 0 aliphatic rings. The van der Waals surface area contributed by atoms with E-state index in [-0.39, 0.29) is 11.1 Å². The van der Waals surface area contributed by atoms with Crippen LogP contribution in [0.15, 0.2) is 18.2 Å². The van der Waals surface area contributed by atoms with Crippen LogP contribution in [0.1, 0.15) is 42.7 Å². The van der Waals surface area contributed by atoms with Crippen LogP contribution in [-0.2, 0) is 9.53 Å². The molecule has 0 fully saturated rings. The Morgan fingerprint density at radius 3 is 2.37 bits per heavy atom. The van der Waals surface area contributed by atoms with Gasteiger partial charge in [-0.25, -0.2) is 14.0 Å². The van der Waals surface area contributed by atoms with Crippen LogP contribution < -0.4 is 5.73 Å². The van der Waals surface area contributed by atoms with Gasteiger partial charge in [0.25, 0.3) is 0 Å². The van der Waals surface area contributed by atoms with E-state index in [0.29, 0.717) is 0 Å². The number of hydrogen-bond donors (Lipinski definition) is 2. The number of hydrogen-bond acceptors (Lipinski definition) is 4. The third-order valence-electron chi connectivity index (χ3n) is 2.24. The van der Waals surface area contributed by atoms with Gasteiger partial charge in [0, 0.05) is 5.56 Å². The Morgan fingerprint density at radius 2 is 1.95 bits per heavy atom. The fourth-order valence-corrected chi connectivity index (χ4v) is 1.40. The Hall–Kier alpha value is -1.95. The summed E-state index contributed by atoms with van der Waals surface area (Å²) in [5.74, 6) is -2.87. The second-order valence-corrected chi connectivity index (χ2v) is 5.05. The lowest BCUT2D eigenvalue weighted by Gasteiger charge is -2.22. The van der Waals surface area contributed by atoms with Gasteiger partial charge in [0.15, 0.2) is 0 Å². The SMILES string of the molecule is CC(C)(C)OC(=O)C(N)c1ccc(C(=O)O)cc1F. The number of rotatable bonds is 3. The number of esters is 1.